The summed E-state index contributed by atoms with van der Waals surface area (Å²) < 4.78 is 18.5. The van der Waals surface area contributed by atoms with Crippen LogP contribution in [0, 0.1) is 5.82 Å². The van der Waals surface area contributed by atoms with Gasteiger partial charge in [-0.05, 0) is 31.0 Å². The fraction of sp³-hybridized carbons (Fsp3) is 0.417. The number of fused-ring (bicyclic) bond motifs is 1. The van der Waals surface area contributed by atoms with Crippen LogP contribution in [0.2, 0.25) is 0 Å². The molecule has 0 aliphatic carbocycles. The first-order valence-corrected chi connectivity index (χ1v) is 5.61. The predicted octanol–water partition coefficient (Wildman–Crippen LogP) is 1.92. The Morgan fingerprint density at radius 3 is 3.00 bits per heavy atom. The van der Waals surface area contributed by atoms with Crippen molar-refractivity contribution in [3.63, 3.8) is 0 Å². The molecule has 2 rings (SSSR count). The minimum Gasteiger partial charge on any atom is -0.450 e. The quantitative estimate of drug-likeness (QED) is 0.760. The Morgan fingerprint density at radius 2 is 2.29 bits per heavy atom. The molecule has 0 aromatic heterocycles. The van der Waals surface area contributed by atoms with Crippen LogP contribution < -0.4 is 5.73 Å². The highest BCUT2D eigenvalue weighted by Crippen LogP contribution is 2.26. The molecule has 5 heteroatoms. The van der Waals surface area contributed by atoms with E-state index >= 15 is 0 Å². The van der Waals surface area contributed by atoms with Crippen molar-refractivity contribution in [3.8, 4) is 0 Å². The predicted molar refractivity (Wildman–Crippen MR) is 61.9 cm³/mol. The zero-order valence-corrected chi connectivity index (χ0v) is 9.70. The van der Waals surface area contributed by atoms with Crippen molar-refractivity contribution < 1.29 is 13.9 Å². The Hall–Kier alpha value is -1.78. The monoisotopic (exact) mass is 238 g/mol. The number of nitrogen functional groups attached to an aromatic ring is 1. The third-order valence-corrected chi connectivity index (χ3v) is 2.92. The molecule has 0 atom stereocenters. The number of carbonyl (C=O) groups is 1. The number of nitrogens with two attached hydrogens (primary N) is 1. The van der Waals surface area contributed by atoms with E-state index in [2.05, 4.69) is 0 Å². The van der Waals surface area contributed by atoms with Crippen LogP contribution in [-0.4, -0.2) is 24.1 Å². The first-order valence-electron chi connectivity index (χ1n) is 5.61. The molecule has 0 spiro atoms. The minimum absolute atomic E-state index is 0.227. The van der Waals surface area contributed by atoms with Crippen molar-refractivity contribution in [2.75, 3.05) is 18.9 Å². The van der Waals surface area contributed by atoms with Crippen molar-refractivity contribution in [1.82, 2.24) is 4.90 Å². The van der Waals surface area contributed by atoms with Gasteiger partial charge in [-0.15, -0.1) is 0 Å². The van der Waals surface area contributed by atoms with E-state index in [9.17, 15) is 9.18 Å². The summed E-state index contributed by atoms with van der Waals surface area (Å²) >= 11 is 0. The summed E-state index contributed by atoms with van der Waals surface area (Å²) in [6.07, 6.45) is 0.164. The van der Waals surface area contributed by atoms with E-state index in [0.29, 0.717) is 30.8 Å². The second-order valence-corrected chi connectivity index (χ2v) is 3.96. The fourth-order valence-electron chi connectivity index (χ4n) is 2.04. The highest BCUT2D eigenvalue weighted by atomic mass is 19.1. The van der Waals surface area contributed by atoms with Crippen molar-refractivity contribution in [2.24, 2.45) is 0 Å². The maximum atomic E-state index is 13.6. The summed E-state index contributed by atoms with van der Waals surface area (Å²) in [5.74, 6) is -0.316. The number of amides is 1. The standard InChI is InChI=1S/C12H15FN2O2/c1-2-17-12(16)15-6-5-8-9(7-15)10(13)3-4-11(8)14/h3-4H,2,5-7,14H2,1H3. The van der Waals surface area contributed by atoms with Crippen molar-refractivity contribution in [1.29, 1.82) is 0 Å². The van der Waals surface area contributed by atoms with Crippen LogP contribution in [0.1, 0.15) is 18.1 Å². The van der Waals surface area contributed by atoms with Gasteiger partial charge in [0.05, 0.1) is 13.2 Å². The summed E-state index contributed by atoms with van der Waals surface area (Å²) in [5, 5.41) is 0. The summed E-state index contributed by atoms with van der Waals surface area (Å²) in [7, 11) is 0. The lowest BCUT2D eigenvalue weighted by Crippen LogP contribution is -2.37. The summed E-state index contributed by atoms with van der Waals surface area (Å²) in [4.78, 5) is 13.0. The molecule has 1 amide bonds. The van der Waals surface area contributed by atoms with Crippen LogP contribution in [-0.2, 0) is 17.7 Å². The van der Waals surface area contributed by atoms with Gasteiger partial charge < -0.3 is 15.4 Å². The van der Waals surface area contributed by atoms with Crippen molar-refractivity contribution >= 4 is 11.8 Å². The van der Waals surface area contributed by atoms with E-state index in [-0.39, 0.29) is 12.4 Å². The van der Waals surface area contributed by atoms with Crippen LogP contribution in [0.4, 0.5) is 14.9 Å². The smallest absolute Gasteiger partial charge is 0.410 e. The number of nitrogens with zero attached hydrogens (tertiary/aromatic N) is 1. The van der Waals surface area contributed by atoms with E-state index in [0.717, 1.165) is 5.56 Å². The van der Waals surface area contributed by atoms with E-state index in [1.165, 1.54) is 11.0 Å². The molecule has 0 bridgehead atoms. The molecular weight excluding hydrogens is 223 g/mol. The Kier molecular flexibility index (Phi) is 3.17. The van der Waals surface area contributed by atoms with Crippen LogP contribution in [0.15, 0.2) is 12.1 Å². The van der Waals surface area contributed by atoms with Gasteiger partial charge in [-0.3, -0.25) is 0 Å². The van der Waals surface area contributed by atoms with Crippen LogP contribution in [0.5, 0.6) is 0 Å². The average Bonchev–Trinajstić information content (AvgIpc) is 2.34. The highest BCUT2D eigenvalue weighted by Gasteiger charge is 2.25. The molecule has 0 saturated carbocycles. The van der Waals surface area contributed by atoms with Gasteiger partial charge in [0.2, 0.25) is 0 Å². The fourth-order valence-corrected chi connectivity index (χ4v) is 2.04. The lowest BCUT2D eigenvalue weighted by atomic mass is 9.98. The van der Waals surface area contributed by atoms with Crippen molar-refractivity contribution in [2.45, 2.75) is 19.9 Å². The summed E-state index contributed by atoms with van der Waals surface area (Å²) in [5.41, 5.74) is 7.69. The minimum atomic E-state index is -0.403. The average molecular weight is 238 g/mol. The molecule has 0 radical (unpaired) electrons. The Bertz CT molecular complexity index is 448. The zero-order valence-electron chi connectivity index (χ0n) is 9.70. The summed E-state index contributed by atoms with van der Waals surface area (Å²) in [6, 6.07) is 2.90. The summed E-state index contributed by atoms with van der Waals surface area (Å²) in [6.45, 7) is 2.81. The van der Waals surface area contributed by atoms with E-state index in [1.54, 1.807) is 13.0 Å². The molecular formula is C12H15FN2O2. The first kappa shape index (κ1) is 11.7. The third-order valence-electron chi connectivity index (χ3n) is 2.92. The number of ether oxygens (including phenoxy) is 1. The molecule has 2 N–H and O–H groups in total. The molecule has 92 valence electrons. The molecule has 1 aliphatic rings. The largest absolute Gasteiger partial charge is 0.450 e. The lowest BCUT2D eigenvalue weighted by Gasteiger charge is -2.29. The van der Waals surface area contributed by atoms with Gasteiger partial charge in [0, 0.05) is 17.8 Å². The topological polar surface area (TPSA) is 55.6 Å². The van der Waals surface area contributed by atoms with Crippen LogP contribution in [0.3, 0.4) is 0 Å². The molecule has 1 heterocycles. The van der Waals surface area contributed by atoms with Crippen molar-refractivity contribution in [3.05, 3.63) is 29.1 Å². The van der Waals surface area contributed by atoms with E-state index < -0.39 is 6.09 Å². The molecule has 17 heavy (non-hydrogen) atoms. The third kappa shape index (κ3) is 2.18. The van der Waals surface area contributed by atoms with Gasteiger partial charge in [-0.1, -0.05) is 0 Å². The van der Waals surface area contributed by atoms with Gasteiger partial charge in [0.25, 0.3) is 0 Å². The maximum absolute atomic E-state index is 13.6. The van der Waals surface area contributed by atoms with Gasteiger partial charge in [-0.2, -0.15) is 0 Å². The number of hydrogen-bond donors (Lipinski definition) is 1. The maximum Gasteiger partial charge on any atom is 0.410 e. The van der Waals surface area contributed by atoms with Gasteiger partial charge in [0.1, 0.15) is 5.82 Å². The van der Waals surface area contributed by atoms with Gasteiger partial charge in [-0.25, -0.2) is 9.18 Å². The van der Waals surface area contributed by atoms with Gasteiger partial charge >= 0.3 is 6.09 Å². The second-order valence-electron chi connectivity index (χ2n) is 3.96. The molecule has 0 fully saturated rings. The van der Waals surface area contributed by atoms with Gasteiger partial charge in [0.15, 0.2) is 0 Å². The molecule has 1 aliphatic heterocycles. The Labute approximate surface area is 99.2 Å². The number of anilines is 1. The van der Waals surface area contributed by atoms with E-state index in [4.69, 9.17) is 10.5 Å². The number of halogens is 1. The number of rotatable bonds is 1. The first-order chi connectivity index (χ1) is 8.13. The van der Waals surface area contributed by atoms with Crippen LogP contribution in [0.25, 0.3) is 0 Å². The molecule has 1 aromatic carbocycles. The number of hydrogen-bond acceptors (Lipinski definition) is 3. The lowest BCUT2D eigenvalue weighted by molar-refractivity contribution is 0.102. The van der Waals surface area contributed by atoms with Crippen LogP contribution >= 0.6 is 0 Å². The number of carbonyl (C=O) groups excluding carboxylic acids is 1. The van der Waals surface area contributed by atoms with E-state index in [1.807, 2.05) is 0 Å². The molecule has 4 nitrogen and oxygen atoms in total. The zero-order chi connectivity index (χ0) is 12.4. The second kappa shape index (κ2) is 4.61. The Balaban J connectivity index is 2.24. The molecule has 1 aromatic rings. The normalized spacial score (nSPS) is 14.4. The molecule has 0 saturated heterocycles. The SMILES string of the molecule is CCOC(=O)N1CCc2c(N)ccc(F)c2C1. The number of benzene rings is 1. The molecule has 0 unspecified atom stereocenters. The highest BCUT2D eigenvalue weighted by molar-refractivity contribution is 5.68. The Morgan fingerprint density at radius 1 is 1.53 bits per heavy atom.